The number of nitrogens with zero attached hydrogens (tertiary/aromatic N) is 3. The second-order valence-corrected chi connectivity index (χ2v) is 5.67. The van der Waals surface area contributed by atoms with Gasteiger partial charge in [0.05, 0.1) is 5.69 Å². The molecule has 2 N–H and O–H groups in total. The van der Waals surface area contributed by atoms with E-state index >= 15 is 0 Å². The van der Waals surface area contributed by atoms with Gasteiger partial charge in [0.2, 0.25) is 0 Å². The minimum Gasteiger partial charge on any atom is -0.326 e. The van der Waals surface area contributed by atoms with Gasteiger partial charge in [-0.25, -0.2) is 0 Å². The molecule has 0 fully saturated rings. The molecular weight excluding hydrogens is 272 g/mol. The second-order valence-electron chi connectivity index (χ2n) is 4.91. The molecule has 0 aliphatic carbocycles. The molecule has 0 spiro atoms. The van der Waals surface area contributed by atoms with E-state index < -0.39 is 0 Å². The van der Waals surface area contributed by atoms with E-state index in [-0.39, 0.29) is 11.9 Å². The van der Waals surface area contributed by atoms with Gasteiger partial charge in [-0.3, -0.25) is 4.79 Å². The zero-order valence-corrected chi connectivity index (χ0v) is 12.1. The van der Waals surface area contributed by atoms with Crippen molar-refractivity contribution >= 4 is 23.1 Å². The number of hydrogen-bond acceptors (Lipinski definition) is 5. The first-order valence-corrected chi connectivity index (χ1v) is 7.44. The summed E-state index contributed by atoms with van der Waals surface area (Å²) >= 11 is 1.16. The van der Waals surface area contributed by atoms with Crippen LogP contribution in [0.3, 0.4) is 0 Å². The molecule has 0 saturated carbocycles. The molecule has 1 atom stereocenters. The van der Waals surface area contributed by atoms with Gasteiger partial charge in [-0.15, -0.1) is 5.10 Å². The molecule has 0 radical (unpaired) electrons. The van der Waals surface area contributed by atoms with Crippen molar-refractivity contribution in [3.63, 3.8) is 0 Å². The molecule has 20 heavy (non-hydrogen) atoms. The molecule has 6 heteroatoms. The number of hydrogen-bond donors (Lipinski definition) is 1. The standard InChI is InChI=1S/C14H16N4OS/c1-2-11-13(20-17-16-11)14(19)18-8-10(15)7-9-5-3-4-6-12(9)18/h3-6,10H,2,7-8,15H2,1H3. The topological polar surface area (TPSA) is 72.1 Å². The van der Waals surface area contributed by atoms with Crippen molar-refractivity contribution in [1.82, 2.24) is 9.59 Å². The highest BCUT2D eigenvalue weighted by Gasteiger charge is 2.29. The quantitative estimate of drug-likeness (QED) is 0.911. The molecule has 104 valence electrons. The fourth-order valence-electron chi connectivity index (χ4n) is 2.54. The molecule has 1 aliphatic heterocycles. The molecular formula is C14H16N4OS. The Balaban J connectivity index is 2.00. The van der Waals surface area contributed by atoms with E-state index in [2.05, 4.69) is 9.59 Å². The molecule has 3 rings (SSSR count). The van der Waals surface area contributed by atoms with Crippen LogP contribution in [-0.4, -0.2) is 28.1 Å². The third kappa shape index (κ3) is 2.21. The number of amides is 1. The van der Waals surface area contributed by atoms with Crippen molar-refractivity contribution in [2.45, 2.75) is 25.8 Å². The lowest BCUT2D eigenvalue weighted by Gasteiger charge is -2.32. The van der Waals surface area contributed by atoms with E-state index in [1.54, 1.807) is 4.90 Å². The monoisotopic (exact) mass is 288 g/mol. The van der Waals surface area contributed by atoms with Crippen LogP contribution in [0.2, 0.25) is 0 Å². The van der Waals surface area contributed by atoms with Crippen LogP contribution in [0.15, 0.2) is 24.3 Å². The Hall–Kier alpha value is -1.79. The molecule has 1 amide bonds. The summed E-state index contributed by atoms with van der Waals surface area (Å²) in [5.41, 5.74) is 8.91. The number of carbonyl (C=O) groups excluding carboxylic acids is 1. The maximum atomic E-state index is 12.7. The summed E-state index contributed by atoms with van der Waals surface area (Å²) in [7, 11) is 0. The van der Waals surface area contributed by atoms with Crippen molar-refractivity contribution in [3.8, 4) is 0 Å². The number of anilines is 1. The third-order valence-corrected chi connectivity index (χ3v) is 4.27. The van der Waals surface area contributed by atoms with Crippen LogP contribution < -0.4 is 10.6 Å². The Kier molecular flexibility index (Phi) is 3.50. The van der Waals surface area contributed by atoms with Gasteiger partial charge in [-0.05, 0) is 36.0 Å². The lowest BCUT2D eigenvalue weighted by Crippen LogP contribution is -2.46. The molecule has 5 nitrogen and oxygen atoms in total. The number of aryl methyl sites for hydroxylation is 1. The minimum absolute atomic E-state index is 0.0280. The fourth-order valence-corrected chi connectivity index (χ4v) is 3.24. The van der Waals surface area contributed by atoms with Gasteiger partial charge >= 0.3 is 0 Å². The first-order chi connectivity index (χ1) is 9.70. The molecule has 0 saturated heterocycles. The summed E-state index contributed by atoms with van der Waals surface area (Å²) in [6.07, 6.45) is 1.51. The fraction of sp³-hybridized carbons (Fsp3) is 0.357. The molecule has 0 bridgehead atoms. The minimum atomic E-state index is -0.0422. The summed E-state index contributed by atoms with van der Waals surface area (Å²) in [6.45, 7) is 2.51. The predicted molar refractivity (Wildman–Crippen MR) is 79.1 cm³/mol. The summed E-state index contributed by atoms with van der Waals surface area (Å²) in [4.78, 5) is 15.1. The summed E-state index contributed by atoms with van der Waals surface area (Å²) in [5.74, 6) is -0.0422. The number of rotatable bonds is 2. The number of benzene rings is 1. The molecule has 1 aliphatic rings. The van der Waals surface area contributed by atoms with Crippen LogP contribution >= 0.6 is 11.5 Å². The Morgan fingerprint density at radius 3 is 3.10 bits per heavy atom. The summed E-state index contributed by atoms with van der Waals surface area (Å²) < 4.78 is 3.90. The van der Waals surface area contributed by atoms with E-state index in [0.29, 0.717) is 17.8 Å². The molecule has 1 unspecified atom stereocenters. The van der Waals surface area contributed by atoms with Crippen molar-refractivity contribution in [2.24, 2.45) is 5.73 Å². The maximum Gasteiger partial charge on any atom is 0.271 e. The van der Waals surface area contributed by atoms with E-state index in [4.69, 9.17) is 5.73 Å². The molecule has 2 heterocycles. The first-order valence-electron chi connectivity index (χ1n) is 6.67. The second kappa shape index (κ2) is 5.30. The normalized spacial score (nSPS) is 17.9. The van der Waals surface area contributed by atoms with Gasteiger partial charge in [-0.1, -0.05) is 29.6 Å². The number of fused-ring (bicyclic) bond motifs is 1. The Morgan fingerprint density at radius 1 is 1.50 bits per heavy atom. The van der Waals surface area contributed by atoms with Crippen molar-refractivity contribution in [3.05, 3.63) is 40.4 Å². The van der Waals surface area contributed by atoms with Crippen molar-refractivity contribution < 1.29 is 4.79 Å². The van der Waals surface area contributed by atoms with E-state index in [1.807, 2.05) is 31.2 Å². The van der Waals surface area contributed by atoms with Gasteiger partial charge in [0.1, 0.15) is 4.88 Å². The van der Waals surface area contributed by atoms with Crippen LogP contribution in [0, 0.1) is 0 Å². The Morgan fingerprint density at radius 2 is 2.30 bits per heavy atom. The van der Waals surface area contributed by atoms with Gasteiger partial charge in [-0.2, -0.15) is 0 Å². The molecule has 1 aromatic heterocycles. The highest BCUT2D eigenvalue weighted by atomic mass is 32.1. The van der Waals surface area contributed by atoms with E-state index in [9.17, 15) is 4.79 Å². The maximum absolute atomic E-state index is 12.7. The molecule has 2 aromatic rings. The number of para-hydroxylation sites is 1. The van der Waals surface area contributed by atoms with Crippen LogP contribution in [-0.2, 0) is 12.8 Å². The lowest BCUT2D eigenvalue weighted by atomic mass is 9.98. The average Bonchev–Trinajstić information content (AvgIpc) is 2.94. The largest absolute Gasteiger partial charge is 0.326 e. The number of nitrogens with two attached hydrogens (primary N) is 1. The number of carbonyl (C=O) groups is 1. The summed E-state index contributed by atoms with van der Waals surface area (Å²) in [6, 6.07) is 7.90. The average molecular weight is 288 g/mol. The highest BCUT2D eigenvalue weighted by molar-refractivity contribution is 7.08. The van der Waals surface area contributed by atoms with Crippen molar-refractivity contribution in [1.29, 1.82) is 0 Å². The predicted octanol–water partition coefficient (Wildman–Crippen LogP) is 1.63. The first kappa shape index (κ1) is 13.2. The zero-order valence-electron chi connectivity index (χ0n) is 11.2. The number of aromatic nitrogens is 2. The highest BCUT2D eigenvalue weighted by Crippen LogP contribution is 2.28. The smallest absolute Gasteiger partial charge is 0.271 e. The third-order valence-electron chi connectivity index (χ3n) is 3.51. The SMILES string of the molecule is CCc1nnsc1C(=O)N1CC(N)Cc2ccccc21. The zero-order chi connectivity index (χ0) is 14.1. The van der Waals surface area contributed by atoms with E-state index in [1.165, 1.54) is 0 Å². The van der Waals surface area contributed by atoms with E-state index in [0.717, 1.165) is 34.9 Å². The van der Waals surface area contributed by atoms with Gasteiger partial charge in [0.15, 0.2) is 0 Å². The summed E-state index contributed by atoms with van der Waals surface area (Å²) in [5, 5.41) is 4.02. The Bertz CT molecular complexity index is 640. The van der Waals surface area contributed by atoms with Crippen LogP contribution in [0.4, 0.5) is 5.69 Å². The van der Waals surface area contributed by atoms with Crippen LogP contribution in [0.5, 0.6) is 0 Å². The van der Waals surface area contributed by atoms with Gasteiger partial charge in [0.25, 0.3) is 5.91 Å². The Labute approximate surface area is 121 Å². The lowest BCUT2D eigenvalue weighted by molar-refractivity contribution is 0.0986. The van der Waals surface area contributed by atoms with Crippen molar-refractivity contribution in [2.75, 3.05) is 11.4 Å². The van der Waals surface area contributed by atoms with Gasteiger partial charge in [0, 0.05) is 18.3 Å². The van der Waals surface area contributed by atoms with Crippen LogP contribution in [0.25, 0.3) is 0 Å². The molecule has 1 aromatic carbocycles. The van der Waals surface area contributed by atoms with Crippen LogP contribution in [0.1, 0.15) is 27.9 Å². The van der Waals surface area contributed by atoms with Gasteiger partial charge < -0.3 is 10.6 Å².